The van der Waals surface area contributed by atoms with Crippen molar-refractivity contribution in [1.82, 2.24) is 19.6 Å². The number of ether oxygens (including phenoxy) is 3. The van der Waals surface area contributed by atoms with Crippen molar-refractivity contribution in [3.8, 4) is 17.2 Å². The first-order chi connectivity index (χ1) is 14.9. The third kappa shape index (κ3) is 5.58. The molecule has 2 aromatic rings. The predicted octanol–water partition coefficient (Wildman–Crippen LogP) is 2.38. The Labute approximate surface area is 184 Å². The number of hydrogen-bond acceptors (Lipinski definition) is 6. The van der Waals surface area contributed by atoms with Gasteiger partial charge >= 0.3 is 0 Å². The van der Waals surface area contributed by atoms with E-state index >= 15 is 0 Å². The molecule has 1 aliphatic rings. The maximum atomic E-state index is 12.7. The second-order valence-electron chi connectivity index (χ2n) is 7.61. The monoisotopic (exact) mass is 428 g/mol. The molecule has 0 unspecified atom stereocenters. The van der Waals surface area contributed by atoms with Gasteiger partial charge in [-0.25, -0.2) is 0 Å². The molecule has 0 radical (unpaired) electrons. The average Bonchev–Trinajstić information content (AvgIpc) is 3.12. The highest BCUT2D eigenvalue weighted by atomic mass is 16.5. The summed E-state index contributed by atoms with van der Waals surface area (Å²) >= 11 is 0. The number of piperazine rings is 1. The first-order valence-electron chi connectivity index (χ1n) is 10.5. The highest BCUT2D eigenvalue weighted by molar-refractivity contribution is 5.92. The minimum atomic E-state index is 0.00643. The van der Waals surface area contributed by atoms with Crippen LogP contribution in [0.3, 0.4) is 0 Å². The summed E-state index contributed by atoms with van der Waals surface area (Å²) in [5, 5.41) is 4.52. The molecular formula is C23H32N4O4. The van der Waals surface area contributed by atoms with Gasteiger partial charge in [0.15, 0.2) is 11.5 Å². The summed E-state index contributed by atoms with van der Waals surface area (Å²) in [6.07, 6.45) is 3.38. The zero-order chi connectivity index (χ0) is 22.4. The number of hydrogen-bond donors (Lipinski definition) is 0. The van der Waals surface area contributed by atoms with E-state index in [4.69, 9.17) is 14.2 Å². The molecule has 1 saturated heterocycles. The molecule has 31 heavy (non-hydrogen) atoms. The summed E-state index contributed by atoms with van der Waals surface area (Å²) in [6, 6.07) is 5.74. The fraction of sp³-hybridized carbons (Fsp3) is 0.478. The molecule has 0 aliphatic carbocycles. The van der Waals surface area contributed by atoms with Crippen LogP contribution in [0.15, 0.2) is 24.3 Å². The highest BCUT2D eigenvalue weighted by Crippen LogP contribution is 2.38. The van der Waals surface area contributed by atoms with Gasteiger partial charge < -0.3 is 19.1 Å². The highest BCUT2D eigenvalue weighted by Gasteiger charge is 2.20. The number of amides is 1. The number of methoxy groups -OCH3 is 3. The molecular weight excluding hydrogens is 396 g/mol. The molecule has 2 heterocycles. The fourth-order valence-electron chi connectivity index (χ4n) is 3.80. The van der Waals surface area contributed by atoms with E-state index in [2.05, 4.69) is 23.0 Å². The molecule has 8 heteroatoms. The molecule has 0 saturated carbocycles. The maximum Gasteiger partial charge on any atom is 0.246 e. The van der Waals surface area contributed by atoms with Crippen LogP contribution in [-0.4, -0.2) is 79.5 Å². The number of aryl methyl sites for hydroxylation is 2. The van der Waals surface area contributed by atoms with Crippen LogP contribution < -0.4 is 14.2 Å². The number of rotatable bonds is 8. The zero-order valence-corrected chi connectivity index (χ0v) is 19.1. The Morgan fingerprint density at radius 2 is 1.61 bits per heavy atom. The van der Waals surface area contributed by atoms with Crippen molar-refractivity contribution in [1.29, 1.82) is 0 Å². The van der Waals surface area contributed by atoms with Crippen LogP contribution in [0.1, 0.15) is 17.0 Å². The Morgan fingerprint density at radius 1 is 0.968 bits per heavy atom. The second-order valence-corrected chi connectivity index (χ2v) is 7.61. The molecule has 0 spiro atoms. The molecule has 1 fully saturated rings. The van der Waals surface area contributed by atoms with Crippen LogP contribution in [-0.2, 0) is 11.3 Å². The molecule has 0 N–H and O–H groups in total. The largest absolute Gasteiger partial charge is 0.493 e. The van der Waals surface area contributed by atoms with E-state index in [1.165, 1.54) is 5.69 Å². The Balaban J connectivity index is 1.54. The fourth-order valence-corrected chi connectivity index (χ4v) is 3.80. The zero-order valence-electron chi connectivity index (χ0n) is 19.1. The van der Waals surface area contributed by atoms with Crippen molar-refractivity contribution >= 4 is 12.0 Å². The lowest BCUT2D eigenvalue weighted by molar-refractivity contribution is -0.127. The number of benzene rings is 1. The quantitative estimate of drug-likeness (QED) is 0.602. The summed E-state index contributed by atoms with van der Waals surface area (Å²) in [4.78, 5) is 16.9. The van der Waals surface area contributed by atoms with Crippen LogP contribution in [0.2, 0.25) is 0 Å². The Bertz CT molecular complexity index is 905. The van der Waals surface area contributed by atoms with Crippen LogP contribution in [0.5, 0.6) is 17.2 Å². The second kappa shape index (κ2) is 10.3. The van der Waals surface area contributed by atoms with Gasteiger partial charge in [0.2, 0.25) is 11.7 Å². The molecule has 0 atom stereocenters. The molecule has 8 nitrogen and oxygen atoms in total. The van der Waals surface area contributed by atoms with Crippen LogP contribution in [0, 0.1) is 13.8 Å². The van der Waals surface area contributed by atoms with E-state index in [-0.39, 0.29) is 5.91 Å². The summed E-state index contributed by atoms with van der Waals surface area (Å²) in [5.41, 5.74) is 3.04. The minimum absolute atomic E-state index is 0.00643. The number of aromatic nitrogens is 2. The molecule has 168 valence electrons. The van der Waals surface area contributed by atoms with Crippen LogP contribution in [0.4, 0.5) is 0 Å². The normalized spacial score (nSPS) is 14.8. The molecule has 1 aromatic carbocycles. The van der Waals surface area contributed by atoms with Gasteiger partial charge in [-0.05, 0) is 43.7 Å². The van der Waals surface area contributed by atoms with E-state index < -0.39 is 0 Å². The van der Waals surface area contributed by atoms with Crippen molar-refractivity contribution < 1.29 is 19.0 Å². The van der Waals surface area contributed by atoms with Crippen molar-refractivity contribution in [3.63, 3.8) is 0 Å². The van der Waals surface area contributed by atoms with Crippen LogP contribution >= 0.6 is 0 Å². The smallest absolute Gasteiger partial charge is 0.246 e. The number of carbonyl (C=O) groups is 1. The molecule has 1 aromatic heterocycles. The van der Waals surface area contributed by atoms with Crippen molar-refractivity contribution in [2.45, 2.75) is 20.4 Å². The number of carbonyl (C=O) groups excluding carboxylic acids is 1. The Hall–Kier alpha value is -3.00. The standard InChI is InChI=1S/C23H32N4O4/c1-17-14-18(2)27(24-17)13-10-25-8-11-26(12-9-25)22(28)7-6-19-15-20(29-3)23(31-5)21(16-19)30-4/h6-7,14-16H,8-13H2,1-5H3/b7-6+. The topological polar surface area (TPSA) is 69.1 Å². The Kier molecular flexibility index (Phi) is 7.57. The van der Waals surface area contributed by atoms with Crippen LogP contribution in [0.25, 0.3) is 6.08 Å². The average molecular weight is 429 g/mol. The molecule has 1 amide bonds. The number of nitrogens with zero attached hydrogens (tertiary/aromatic N) is 4. The predicted molar refractivity (Wildman–Crippen MR) is 120 cm³/mol. The Morgan fingerprint density at radius 3 is 2.13 bits per heavy atom. The van der Waals surface area contributed by atoms with E-state index in [0.29, 0.717) is 17.2 Å². The van der Waals surface area contributed by atoms with E-state index in [0.717, 1.165) is 50.5 Å². The lowest BCUT2D eigenvalue weighted by Gasteiger charge is -2.34. The molecule has 3 rings (SSSR count). The van der Waals surface area contributed by atoms with Gasteiger partial charge in [0, 0.05) is 44.5 Å². The first kappa shape index (κ1) is 22.7. The third-order valence-electron chi connectivity index (χ3n) is 5.52. The van der Waals surface area contributed by atoms with Gasteiger partial charge in [-0.1, -0.05) is 0 Å². The van der Waals surface area contributed by atoms with Crippen molar-refractivity contribution in [3.05, 3.63) is 41.2 Å². The van der Waals surface area contributed by atoms with Gasteiger partial charge in [0.25, 0.3) is 0 Å². The SMILES string of the molecule is COc1cc(/C=C/C(=O)N2CCN(CCn3nc(C)cc3C)CC2)cc(OC)c1OC. The van der Waals surface area contributed by atoms with Gasteiger partial charge in [0.05, 0.1) is 33.6 Å². The summed E-state index contributed by atoms with van der Waals surface area (Å²) in [7, 11) is 4.71. The summed E-state index contributed by atoms with van der Waals surface area (Å²) in [6.45, 7) is 9.06. The lowest BCUT2D eigenvalue weighted by atomic mass is 10.1. The van der Waals surface area contributed by atoms with E-state index in [1.807, 2.05) is 28.6 Å². The lowest BCUT2D eigenvalue weighted by Crippen LogP contribution is -2.48. The van der Waals surface area contributed by atoms with Crippen molar-refractivity contribution in [2.24, 2.45) is 0 Å². The maximum absolute atomic E-state index is 12.7. The summed E-state index contributed by atoms with van der Waals surface area (Å²) < 4.78 is 18.1. The van der Waals surface area contributed by atoms with Gasteiger partial charge in [0.1, 0.15) is 0 Å². The summed E-state index contributed by atoms with van der Waals surface area (Å²) in [5.74, 6) is 1.66. The van der Waals surface area contributed by atoms with Gasteiger partial charge in [-0.2, -0.15) is 5.10 Å². The third-order valence-corrected chi connectivity index (χ3v) is 5.52. The first-order valence-corrected chi connectivity index (χ1v) is 10.5. The van der Waals surface area contributed by atoms with Gasteiger partial charge in [-0.3, -0.25) is 14.4 Å². The molecule has 0 bridgehead atoms. The van der Waals surface area contributed by atoms with Crippen molar-refractivity contribution in [2.75, 3.05) is 54.1 Å². The molecule has 1 aliphatic heterocycles. The van der Waals surface area contributed by atoms with Gasteiger partial charge in [-0.15, -0.1) is 0 Å². The minimum Gasteiger partial charge on any atom is -0.493 e. The van der Waals surface area contributed by atoms with E-state index in [9.17, 15) is 4.79 Å². The van der Waals surface area contributed by atoms with E-state index in [1.54, 1.807) is 33.5 Å².